The van der Waals surface area contributed by atoms with Crippen LogP contribution in [0.2, 0.25) is 0 Å². The Morgan fingerprint density at radius 2 is 2.08 bits per heavy atom. The molecule has 3 nitrogen and oxygen atoms in total. The summed E-state index contributed by atoms with van der Waals surface area (Å²) in [6.07, 6.45) is 1.62. The van der Waals surface area contributed by atoms with Gasteiger partial charge in [-0.15, -0.1) is 13.8 Å². The summed E-state index contributed by atoms with van der Waals surface area (Å²) in [7, 11) is 1.84. The first kappa shape index (κ1) is 12.9. The number of rotatable bonds is 2. The van der Waals surface area contributed by atoms with Gasteiger partial charge < -0.3 is 9.48 Å². The van der Waals surface area contributed by atoms with Gasteiger partial charge in [0.25, 0.3) is 0 Å². The average Bonchev–Trinajstić information content (AvgIpc) is 2.30. The van der Waals surface area contributed by atoms with Crippen LogP contribution in [0.3, 0.4) is 0 Å². The zero-order chi connectivity index (χ0) is 9.30. The van der Waals surface area contributed by atoms with Crippen molar-refractivity contribution in [2.45, 2.75) is 20.8 Å². The quantitative estimate of drug-likeness (QED) is 0.593. The van der Waals surface area contributed by atoms with E-state index in [-0.39, 0.29) is 38.5 Å². The van der Waals surface area contributed by atoms with Crippen LogP contribution >= 0.6 is 0 Å². The van der Waals surface area contributed by atoms with Crippen molar-refractivity contribution in [1.29, 1.82) is 0 Å². The Kier molecular flexibility index (Phi) is 4.86. The predicted molar refractivity (Wildman–Crippen MR) is 46.9 cm³/mol. The van der Waals surface area contributed by atoms with Gasteiger partial charge in [0, 0.05) is 39.8 Å². The molecule has 0 saturated heterocycles. The smallest absolute Gasteiger partial charge is 0.0834 e. The molecule has 13 heavy (non-hydrogen) atoms. The molecule has 0 aromatic carbocycles. The summed E-state index contributed by atoms with van der Waals surface area (Å²) in [5, 5.41) is 4.03. The number of aromatic nitrogens is 2. The summed E-state index contributed by atoms with van der Waals surface area (Å²) >= 11 is 0. The van der Waals surface area contributed by atoms with Crippen molar-refractivity contribution in [2.75, 3.05) is 0 Å². The number of carbonyl (C=O) groups is 1. The molecule has 0 bridgehead atoms. The van der Waals surface area contributed by atoms with Gasteiger partial charge in [-0.25, -0.2) is 5.10 Å². The van der Waals surface area contributed by atoms with Gasteiger partial charge >= 0.3 is 0 Å². The van der Waals surface area contributed by atoms with E-state index in [1.165, 1.54) is 0 Å². The second-order valence-electron chi connectivity index (χ2n) is 3.09. The maximum atomic E-state index is 11.1. The molecule has 0 N–H and O–H groups in total. The molecule has 0 saturated carbocycles. The third-order valence-electron chi connectivity index (χ3n) is 1.79. The van der Waals surface area contributed by atoms with Gasteiger partial charge in [-0.2, -0.15) is 5.92 Å². The maximum Gasteiger partial charge on any atom is 0.0834 e. The number of aryl methyl sites for hydroxylation is 1. The van der Waals surface area contributed by atoms with Crippen molar-refractivity contribution in [1.82, 2.24) is 9.78 Å². The van der Waals surface area contributed by atoms with Gasteiger partial charge in [-0.3, -0.25) is 0 Å². The van der Waals surface area contributed by atoms with E-state index in [4.69, 9.17) is 0 Å². The van der Waals surface area contributed by atoms with Crippen LogP contribution in [0.15, 0.2) is 6.20 Å². The molecule has 0 spiro atoms. The van der Waals surface area contributed by atoms with Gasteiger partial charge in [0.05, 0.1) is 5.78 Å². The Balaban J connectivity index is 0.00000144. The van der Waals surface area contributed by atoms with Crippen molar-refractivity contribution >= 4 is 5.78 Å². The molecule has 69 valence electrons. The van der Waals surface area contributed by atoms with Gasteiger partial charge in [-0.1, -0.05) is 11.3 Å². The van der Waals surface area contributed by atoms with Crippen molar-refractivity contribution in [3.63, 3.8) is 0 Å². The fraction of sp³-hybridized carbons (Fsp3) is 0.444. The number of Topliss-reactive ketones (excluding diaryl/α,β-unsaturated/α-hetero) is 1. The van der Waals surface area contributed by atoms with Crippen molar-refractivity contribution < 1.29 is 37.5 Å². The molecule has 0 atom stereocenters. The van der Waals surface area contributed by atoms with Crippen LogP contribution in [0.1, 0.15) is 36.8 Å². The Labute approximate surface area is 104 Å². The van der Waals surface area contributed by atoms with Crippen molar-refractivity contribution in [2.24, 2.45) is 7.05 Å². The van der Waals surface area contributed by atoms with Crippen LogP contribution in [-0.4, -0.2) is 15.6 Å². The second-order valence-corrected chi connectivity index (χ2v) is 3.09. The number of hydrogen-bond donors (Lipinski definition) is 0. The van der Waals surface area contributed by atoms with Gasteiger partial charge in [0.1, 0.15) is 0 Å². The predicted octanol–water partition coefficient (Wildman–Crippen LogP) is 1.58. The Morgan fingerprint density at radius 1 is 1.54 bits per heavy atom. The standard InChI is InChI=1S/C9H13N2O.Y/c1-6(2)9-8(7(3)12)5-10-11(9)4;/h5H,1-4H3;/q-1;. The minimum absolute atomic E-state index is 0. The molecule has 0 unspecified atom stereocenters. The van der Waals surface area contributed by atoms with Gasteiger partial charge in [0.2, 0.25) is 0 Å². The zero-order valence-electron chi connectivity index (χ0n) is 8.46. The Bertz CT molecular complexity index is 305. The van der Waals surface area contributed by atoms with E-state index in [2.05, 4.69) is 5.10 Å². The first-order chi connectivity index (χ1) is 5.54. The second kappa shape index (κ2) is 4.92. The third-order valence-corrected chi connectivity index (χ3v) is 1.79. The first-order valence-electron chi connectivity index (χ1n) is 3.87. The molecule has 0 aliphatic heterocycles. The molecule has 0 aliphatic rings. The number of hydrogen-bond acceptors (Lipinski definition) is 2. The van der Waals surface area contributed by atoms with Gasteiger partial charge in [-0.05, 0) is 13.1 Å². The molecule has 0 aliphatic carbocycles. The van der Waals surface area contributed by atoms with E-state index in [1.54, 1.807) is 17.8 Å². The fourth-order valence-electron chi connectivity index (χ4n) is 1.29. The van der Waals surface area contributed by atoms with E-state index in [1.807, 2.05) is 20.9 Å². The molecule has 1 heterocycles. The van der Waals surface area contributed by atoms with Gasteiger partial charge in [0.15, 0.2) is 0 Å². The maximum absolute atomic E-state index is 11.1. The summed E-state index contributed by atoms with van der Waals surface area (Å²) in [6.45, 7) is 5.51. The van der Waals surface area contributed by atoms with Crippen LogP contribution in [0.25, 0.3) is 0 Å². The first-order valence-corrected chi connectivity index (χ1v) is 3.87. The van der Waals surface area contributed by atoms with E-state index < -0.39 is 0 Å². The number of nitrogens with zero attached hydrogens (tertiary/aromatic N) is 2. The molecule has 4 heteroatoms. The summed E-state index contributed by atoms with van der Waals surface area (Å²) in [5.74, 6) is 1.18. The van der Waals surface area contributed by atoms with E-state index >= 15 is 0 Å². The fourth-order valence-corrected chi connectivity index (χ4v) is 1.29. The van der Waals surface area contributed by atoms with E-state index in [0.29, 0.717) is 5.56 Å². The van der Waals surface area contributed by atoms with Crippen LogP contribution < -0.4 is 0 Å². The normalized spacial score (nSPS) is 9.23. The largest absolute Gasteiger partial charge is 0.316 e. The SMILES string of the molecule is CC(=O)c1cnn(C)c1[C-](C)C.[Y]. The zero-order valence-corrected chi connectivity index (χ0v) is 11.3. The van der Waals surface area contributed by atoms with E-state index in [0.717, 1.165) is 11.6 Å². The van der Waals surface area contributed by atoms with Crippen molar-refractivity contribution in [3.05, 3.63) is 23.4 Å². The Hall–Kier alpha value is -0.146. The molecule has 1 rings (SSSR count). The molecule has 0 fully saturated rings. The summed E-state index contributed by atoms with van der Waals surface area (Å²) in [4.78, 5) is 11.1. The monoisotopic (exact) mass is 254 g/mol. The summed E-state index contributed by atoms with van der Waals surface area (Å²) in [6, 6.07) is 0. The Morgan fingerprint density at radius 3 is 2.38 bits per heavy atom. The minimum Gasteiger partial charge on any atom is -0.316 e. The molecule has 1 aromatic rings. The third kappa shape index (κ3) is 2.65. The van der Waals surface area contributed by atoms with Crippen LogP contribution in [0.5, 0.6) is 0 Å². The molecular formula is C9H13N2OY-. The van der Waals surface area contributed by atoms with Crippen molar-refractivity contribution in [3.8, 4) is 0 Å². The number of ketones is 1. The molecule has 0 amide bonds. The number of carbonyl (C=O) groups excluding carboxylic acids is 1. The topological polar surface area (TPSA) is 34.9 Å². The minimum atomic E-state index is 0. The van der Waals surface area contributed by atoms with Crippen LogP contribution in [0.4, 0.5) is 0 Å². The molecule has 1 aromatic heterocycles. The van der Waals surface area contributed by atoms with E-state index in [9.17, 15) is 4.79 Å². The average molecular weight is 254 g/mol. The summed E-state index contributed by atoms with van der Waals surface area (Å²) < 4.78 is 1.73. The summed E-state index contributed by atoms with van der Waals surface area (Å²) in [5.41, 5.74) is 1.64. The molecular weight excluding hydrogens is 241 g/mol. The van der Waals surface area contributed by atoms with Crippen LogP contribution in [-0.2, 0) is 39.8 Å². The van der Waals surface area contributed by atoms with Crippen LogP contribution in [0, 0.1) is 5.92 Å². The molecule has 1 radical (unpaired) electrons.